The first kappa shape index (κ1) is 17.9. The van der Waals surface area contributed by atoms with Crippen LogP contribution < -0.4 is 10.1 Å². The Labute approximate surface area is 171 Å². The van der Waals surface area contributed by atoms with Gasteiger partial charge in [0.2, 0.25) is 0 Å². The topological polar surface area (TPSA) is 81.7 Å². The molecule has 3 heterocycles. The number of amides is 1. The van der Waals surface area contributed by atoms with E-state index in [-0.39, 0.29) is 24.8 Å². The molecule has 0 atom stereocenters. The van der Waals surface area contributed by atoms with Gasteiger partial charge >= 0.3 is 0 Å². The molecule has 0 aliphatic carbocycles. The van der Waals surface area contributed by atoms with E-state index in [0.29, 0.717) is 17.0 Å². The van der Waals surface area contributed by atoms with Gasteiger partial charge in [0.25, 0.3) is 5.91 Å². The second-order valence-corrected chi connectivity index (χ2v) is 6.74. The van der Waals surface area contributed by atoms with Crippen molar-refractivity contribution in [1.82, 2.24) is 19.9 Å². The highest BCUT2D eigenvalue weighted by Crippen LogP contribution is 2.27. The van der Waals surface area contributed by atoms with Gasteiger partial charge < -0.3 is 14.5 Å². The number of nitrogens with one attached hydrogen (secondary N) is 1. The monoisotopic (exact) mass is 398 g/mol. The Morgan fingerprint density at radius 2 is 1.77 bits per heavy atom. The number of hydrogen-bond acceptors (Lipinski definition) is 5. The van der Waals surface area contributed by atoms with Gasteiger partial charge in [0, 0.05) is 17.1 Å². The third-order valence-electron chi connectivity index (χ3n) is 4.82. The number of hydrogen-bond donors (Lipinski definition) is 1. The number of fused-ring (bicyclic) bond motifs is 2. The van der Waals surface area contributed by atoms with E-state index >= 15 is 0 Å². The van der Waals surface area contributed by atoms with Gasteiger partial charge in [-0.3, -0.25) is 9.20 Å². The molecule has 148 valence electrons. The largest absolute Gasteiger partial charge is 0.489 e. The Kier molecular flexibility index (Phi) is 4.61. The number of pyridine rings is 1. The average Bonchev–Trinajstić information content (AvgIpc) is 3.38. The van der Waals surface area contributed by atoms with Crippen molar-refractivity contribution in [3.05, 3.63) is 96.1 Å². The predicted octanol–water partition coefficient (Wildman–Crippen LogP) is 3.98. The Morgan fingerprint density at radius 1 is 0.967 bits per heavy atom. The summed E-state index contributed by atoms with van der Waals surface area (Å²) in [6.07, 6.45) is 1.86. The fraction of sp³-hybridized carbons (Fsp3) is 0.0870. The summed E-state index contributed by atoms with van der Waals surface area (Å²) >= 11 is 0. The molecule has 0 fully saturated rings. The number of rotatable bonds is 6. The first-order valence-corrected chi connectivity index (χ1v) is 9.55. The highest BCUT2D eigenvalue weighted by atomic mass is 16.5. The lowest BCUT2D eigenvalue weighted by atomic mass is 10.1. The normalized spacial score (nSPS) is 11.1. The van der Waals surface area contributed by atoms with Gasteiger partial charge in [-0.25, -0.2) is 0 Å². The van der Waals surface area contributed by atoms with Gasteiger partial charge in [0.15, 0.2) is 17.2 Å². The predicted molar refractivity (Wildman–Crippen MR) is 111 cm³/mol. The molecule has 0 unspecified atom stereocenters. The maximum Gasteiger partial charge on any atom is 0.287 e. The van der Waals surface area contributed by atoms with Gasteiger partial charge in [0.1, 0.15) is 17.9 Å². The zero-order valence-corrected chi connectivity index (χ0v) is 16.0. The molecule has 5 aromatic rings. The number of carbonyl (C=O) groups is 1. The number of benzene rings is 2. The van der Waals surface area contributed by atoms with Crippen LogP contribution in [0.3, 0.4) is 0 Å². The zero-order valence-electron chi connectivity index (χ0n) is 16.0. The molecule has 5 rings (SSSR count). The molecule has 0 saturated carbocycles. The van der Waals surface area contributed by atoms with Crippen LogP contribution in [0.25, 0.3) is 16.6 Å². The summed E-state index contributed by atoms with van der Waals surface area (Å²) in [6.45, 7) is 0.442. The molecule has 0 bridgehead atoms. The van der Waals surface area contributed by atoms with Gasteiger partial charge in [0.05, 0.1) is 6.54 Å². The van der Waals surface area contributed by atoms with Crippen molar-refractivity contribution in [3.63, 3.8) is 0 Å². The molecule has 7 nitrogen and oxygen atoms in total. The molecule has 0 saturated heterocycles. The van der Waals surface area contributed by atoms with E-state index in [9.17, 15) is 4.79 Å². The molecule has 0 aliphatic rings. The van der Waals surface area contributed by atoms with Crippen LogP contribution in [0.1, 0.15) is 21.9 Å². The number of carbonyl (C=O) groups excluding carboxylic acids is 1. The summed E-state index contributed by atoms with van der Waals surface area (Å²) < 4.78 is 13.6. The lowest BCUT2D eigenvalue weighted by molar-refractivity contribution is 0.0920. The summed E-state index contributed by atoms with van der Waals surface area (Å²) in [4.78, 5) is 13.0. The van der Waals surface area contributed by atoms with Crippen molar-refractivity contribution in [3.8, 4) is 5.75 Å². The fourth-order valence-corrected chi connectivity index (χ4v) is 3.35. The van der Waals surface area contributed by atoms with E-state index in [0.717, 1.165) is 16.8 Å². The number of para-hydroxylation sites is 2. The maximum atomic E-state index is 13.0. The fourth-order valence-electron chi connectivity index (χ4n) is 3.35. The molecule has 7 heteroatoms. The van der Waals surface area contributed by atoms with Crippen LogP contribution in [0.15, 0.2) is 83.4 Å². The molecular weight excluding hydrogens is 380 g/mol. The van der Waals surface area contributed by atoms with Crippen LogP contribution in [0, 0.1) is 0 Å². The third-order valence-corrected chi connectivity index (χ3v) is 4.82. The van der Waals surface area contributed by atoms with Crippen LogP contribution in [-0.4, -0.2) is 20.5 Å². The van der Waals surface area contributed by atoms with Gasteiger partial charge in [-0.05, 0) is 30.3 Å². The standard InChI is InChI=1S/C23H18N4O3/c28-23(24-14-21-26-25-20-12-6-7-13-27(20)21)22-18(15-29-16-8-2-1-3-9-16)17-10-4-5-11-19(17)30-22/h1-13H,14-15H2,(H,24,28). The van der Waals surface area contributed by atoms with E-state index in [1.165, 1.54) is 0 Å². The number of ether oxygens (including phenoxy) is 1. The Morgan fingerprint density at radius 3 is 2.67 bits per heavy atom. The summed E-state index contributed by atoms with van der Waals surface area (Å²) in [5.74, 6) is 1.27. The average molecular weight is 398 g/mol. The summed E-state index contributed by atoms with van der Waals surface area (Å²) in [7, 11) is 0. The Hall–Kier alpha value is -4.13. The molecule has 2 aromatic carbocycles. The summed E-state index contributed by atoms with van der Waals surface area (Å²) in [5.41, 5.74) is 2.07. The van der Waals surface area contributed by atoms with Crippen LogP contribution in [0.2, 0.25) is 0 Å². The highest BCUT2D eigenvalue weighted by Gasteiger charge is 2.21. The van der Waals surface area contributed by atoms with Crippen molar-refractivity contribution in [2.24, 2.45) is 0 Å². The van der Waals surface area contributed by atoms with Crippen molar-refractivity contribution < 1.29 is 13.9 Å². The van der Waals surface area contributed by atoms with Crippen LogP contribution >= 0.6 is 0 Å². The first-order chi connectivity index (χ1) is 14.8. The van der Waals surface area contributed by atoms with E-state index in [1.54, 1.807) is 0 Å². The lowest BCUT2D eigenvalue weighted by Crippen LogP contribution is -2.24. The van der Waals surface area contributed by atoms with E-state index in [1.807, 2.05) is 83.4 Å². The van der Waals surface area contributed by atoms with Crippen LogP contribution in [-0.2, 0) is 13.2 Å². The Bertz CT molecular complexity index is 1320. The highest BCUT2D eigenvalue weighted by molar-refractivity contribution is 5.99. The van der Waals surface area contributed by atoms with Gasteiger partial charge in [-0.15, -0.1) is 10.2 Å². The quantitative estimate of drug-likeness (QED) is 0.468. The zero-order chi connectivity index (χ0) is 20.3. The van der Waals surface area contributed by atoms with Crippen molar-refractivity contribution in [2.45, 2.75) is 13.2 Å². The maximum absolute atomic E-state index is 13.0. The smallest absolute Gasteiger partial charge is 0.287 e. The van der Waals surface area contributed by atoms with Crippen molar-refractivity contribution >= 4 is 22.5 Å². The SMILES string of the molecule is O=C(NCc1nnc2ccccn12)c1oc2ccccc2c1COc1ccccc1. The van der Waals surface area contributed by atoms with E-state index in [2.05, 4.69) is 15.5 Å². The minimum atomic E-state index is -0.328. The molecule has 1 N–H and O–H groups in total. The molecular formula is C23H18N4O3. The first-order valence-electron chi connectivity index (χ1n) is 9.55. The van der Waals surface area contributed by atoms with E-state index < -0.39 is 0 Å². The van der Waals surface area contributed by atoms with Crippen molar-refractivity contribution in [2.75, 3.05) is 0 Å². The van der Waals surface area contributed by atoms with Gasteiger partial charge in [-0.1, -0.05) is 42.5 Å². The third kappa shape index (κ3) is 3.37. The summed E-state index contributed by atoms with van der Waals surface area (Å²) in [5, 5.41) is 12.0. The van der Waals surface area contributed by atoms with Crippen LogP contribution in [0.4, 0.5) is 0 Å². The van der Waals surface area contributed by atoms with Gasteiger partial charge in [-0.2, -0.15) is 0 Å². The minimum absolute atomic E-state index is 0.220. The second-order valence-electron chi connectivity index (χ2n) is 6.74. The number of furan rings is 1. The molecule has 1 amide bonds. The minimum Gasteiger partial charge on any atom is -0.489 e. The summed E-state index contributed by atoms with van der Waals surface area (Å²) in [6, 6.07) is 22.7. The molecule has 0 aliphatic heterocycles. The molecule has 0 radical (unpaired) electrons. The number of aromatic nitrogens is 3. The molecule has 0 spiro atoms. The molecule has 30 heavy (non-hydrogen) atoms. The Balaban J connectivity index is 1.40. The molecule has 3 aromatic heterocycles. The second kappa shape index (κ2) is 7.71. The number of nitrogens with zero attached hydrogens (tertiary/aromatic N) is 3. The lowest BCUT2D eigenvalue weighted by Gasteiger charge is -2.07. The van der Waals surface area contributed by atoms with Crippen molar-refractivity contribution in [1.29, 1.82) is 0 Å². The van der Waals surface area contributed by atoms with Crippen LogP contribution in [0.5, 0.6) is 5.75 Å². The van der Waals surface area contributed by atoms with E-state index in [4.69, 9.17) is 9.15 Å².